The van der Waals surface area contributed by atoms with E-state index in [-0.39, 0.29) is 0 Å². The first-order chi connectivity index (χ1) is 8.69. The van der Waals surface area contributed by atoms with E-state index in [4.69, 9.17) is 5.11 Å². The average molecular weight is 240 g/mol. The molecule has 2 heteroatoms. The number of carboxylic acids is 1. The van der Waals surface area contributed by atoms with Gasteiger partial charge in [0.05, 0.1) is 5.56 Å². The van der Waals surface area contributed by atoms with Crippen LogP contribution in [0.15, 0.2) is 48.5 Å². The molecule has 0 atom stereocenters. The van der Waals surface area contributed by atoms with Gasteiger partial charge in [-0.05, 0) is 41.7 Å². The molecule has 0 aromatic heterocycles. The standard InChI is InChI=1S/C16H16O2/c1-2-12-4-3-5-14(10-12)11-13-6-8-15(9-7-13)16(17)18/h3-10H,2,11H2,1H3,(H,17,18). The Bertz CT molecular complexity index is 541. The second-order valence-electron chi connectivity index (χ2n) is 4.35. The minimum atomic E-state index is -0.880. The van der Waals surface area contributed by atoms with Crippen molar-refractivity contribution >= 4 is 5.97 Å². The highest BCUT2D eigenvalue weighted by Gasteiger charge is 2.02. The monoisotopic (exact) mass is 240 g/mol. The number of hydrogen-bond acceptors (Lipinski definition) is 1. The lowest BCUT2D eigenvalue weighted by molar-refractivity contribution is 0.0697. The Balaban J connectivity index is 2.15. The quantitative estimate of drug-likeness (QED) is 0.887. The van der Waals surface area contributed by atoms with E-state index in [0.29, 0.717) is 5.56 Å². The number of rotatable bonds is 4. The zero-order chi connectivity index (χ0) is 13.0. The molecule has 2 aromatic carbocycles. The fraction of sp³-hybridized carbons (Fsp3) is 0.188. The molecule has 0 unspecified atom stereocenters. The number of aryl methyl sites for hydroxylation is 1. The summed E-state index contributed by atoms with van der Waals surface area (Å²) in [4.78, 5) is 10.8. The third kappa shape index (κ3) is 2.98. The van der Waals surface area contributed by atoms with E-state index in [1.165, 1.54) is 11.1 Å². The van der Waals surface area contributed by atoms with Crippen molar-refractivity contribution in [2.75, 3.05) is 0 Å². The molecule has 0 fully saturated rings. The molecule has 2 rings (SSSR count). The van der Waals surface area contributed by atoms with Crippen molar-refractivity contribution < 1.29 is 9.90 Å². The van der Waals surface area contributed by atoms with Gasteiger partial charge in [-0.15, -0.1) is 0 Å². The van der Waals surface area contributed by atoms with E-state index in [1.54, 1.807) is 12.1 Å². The summed E-state index contributed by atoms with van der Waals surface area (Å²) in [6.45, 7) is 2.14. The second kappa shape index (κ2) is 5.50. The van der Waals surface area contributed by atoms with Crippen LogP contribution in [0.5, 0.6) is 0 Å². The Hall–Kier alpha value is -2.09. The number of benzene rings is 2. The molecule has 0 saturated carbocycles. The largest absolute Gasteiger partial charge is 0.478 e. The smallest absolute Gasteiger partial charge is 0.335 e. The van der Waals surface area contributed by atoms with Crippen LogP contribution in [0.25, 0.3) is 0 Å². The van der Waals surface area contributed by atoms with Crippen LogP contribution in [0.4, 0.5) is 0 Å². The molecule has 0 aliphatic rings. The molecular weight excluding hydrogens is 224 g/mol. The molecule has 0 aliphatic carbocycles. The molecular formula is C16H16O2. The van der Waals surface area contributed by atoms with Crippen LogP contribution in [-0.2, 0) is 12.8 Å². The van der Waals surface area contributed by atoms with Gasteiger partial charge in [0.25, 0.3) is 0 Å². The van der Waals surface area contributed by atoms with Crippen LogP contribution in [0.3, 0.4) is 0 Å². The van der Waals surface area contributed by atoms with Crippen molar-refractivity contribution in [2.45, 2.75) is 19.8 Å². The van der Waals surface area contributed by atoms with Gasteiger partial charge in [0, 0.05) is 0 Å². The number of carbonyl (C=O) groups is 1. The van der Waals surface area contributed by atoms with Gasteiger partial charge >= 0.3 is 5.97 Å². The first-order valence-electron chi connectivity index (χ1n) is 6.09. The molecule has 0 heterocycles. The normalized spacial score (nSPS) is 10.3. The molecule has 92 valence electrons. The first kappa shape index (κ1) is 12.4. The second-order valence-corrected chi connectivity index (χ2v) is 4.35. The topological polar surface area (TPSA) is 37.3 Å². The SMILES string of the molecule is CCc1cccc(Cc2ccc(C(=O)O)cc2)c1. The highest BCUT2D eigenvalue weighted by molar-refractivity contribution is 5.87. The van der Waals surface area contributed by atoms with Crippen molar-refractivity contribution in [3.63, 3.8) is 0 Å². The molecule has 1 N–H and O–H groups in total. The average Bonchev–Trinajstić information content (AvgIpc) is 2.39. The fourth-order valence-electron chi connectivity index (χ4n) is 1.96. The molecule has 0 bridgehead atoms. The Kier molecular flexibility index (Phi) is 3.78. The number of aromatic carboxylic acids is 1. The number of carboxylic acid groups (broad SMARTS) is 1. The van der Waals surface area contributed by atoms with Crippen molar-refractivity contribution in [1.82, 2.24) is 0 Å². The third-order valence-electron chi connectivity index (χ3n) is 3.01. The summed E-state index contributed by atoms with van der Waals surface area (Å²) >= 11 is 0. The van der Waals surface area contributed by atoms with E-state index in [0.717, 1.165) is 18.4 Å². The van der Waals surface area contributed by atoms with E-state index in [1.807, 2.05) is 12.1 Å². The lowest BCUT2D eigenvalue weighted by Gasteiger charge is -2.04. The Morgan fingerprint density at radius 1 is 1.00 bits per heavy atom. The molecule has 0 amide bonds. The maximum Gasteiger partial charge on any atom is 0.335 e. The lowest BCUT2D eigenvalue weighted by atomic mass is 10.0. The summed E-state index contributed by atoms with van der Waals surface area (Å²) in [5, 5.41) is 8.83. The summed E-state index contributed by atoms with van der Waals surface area (Å²) in [6, 6.07) is 15.6. The van der Waals surface area contributed by atoms with Gasteiger partial charge in [0.15, 0.2) is 0 Å². The van der Waals surface area contributed by atoms with Gasteiger partial charge in [-0.3, -0.25) is 0 Å². The van der Waals surface area contributed by atoms with E-state index >= 15 is 0 Å². The highest BCUT2D eigenvalue weighted by Crippen LogP contribution is 2.13. The zero-order valence-corrected chi connectivity index (χ0v) is 10.4. The summed E-state index contributed by atoms with van der Waals surface area (Å²) in [6.07, 6.45) is 1.87. The fourth-order valence-corrected chi connectivity index (χ4v) is 1.96. The molecule has 0 radical (unpaired) electrons. The van der Waals surface area contributed by atoms with Crippen LogP contribution in [-0.4, -0.2) is 11.1 Å². The van der Waals surface area contributed by atoms with Gasteiger partial charge in [0.1, 0.15) is 0 Å². The minimum Gasteiger partial charge on any atom is -0.478 e. The lowest BCUT2D eigenvalue weighted by Crippen LogP contribution is -1.96. The molecule has 18 heavy (non-hydrogen) atoms. The Morgan fingerprint density at radius 2 is 1.67 bits per heavy atom. The van der Waals surface area contributed by atoms with Gasteiger partial charge < -0.3 is 5.11 Å². The summed E-state index contributed by atoms with van der Waals surface area (Å²) < 4.78 is 0. The minimum absolute atomic E-state index is 0.334. The molecule has 0 saturated heterocycles. The Morgan fingerprint density at radius 3 is 2.28 bits per heavy atom. The van der Waals surface area contributed by atoms with Crippen molar-refractivity contribution in [3.8, 4) is 0 Å². The maximum absolute atomic E-state index is 10.8. The summed E-state index contributed by atoms with van der Waals surface area (Å²) in [5.74, 6) is -0.880. The van der Waals surface area contributed by atoms with Gasteiger partial charge in [-0.25, -0.2) is 4.79 Å². The molecule has 0 spiro atoms. The van der Waals surface area contributed by atoms with E-state index in [9.17, 15) is 4.79 Å². The molecule has 2 aromatic rings. The van der Waals surface area contributed by atoms with Crippen LogP contribution in [0, 0.1) is 0 Å². The first-order valence-corrected chi connectivity index (χ1v) is 6.09. The summed E-state index contributed by atoms with van der Waals surface area (Å²) in [7, 11) is 0. The van der Waals surface area contributed by atoms with Crippen LogP contribution in [0.2, 0.25) is 0 Å². The summed E-state index contributed by atoms with van der Waals surface area (Å²) in [5.41, 5.74) is 4.06. The van der Waals surface area contributed by atoms with E-state index < -0.39 is 5.97 Å². The van der Waals surface area contributed by atoms with Crippen molar-refractivity contribution in [3.05, 3.63) is 70.8 Å². The van der Waals surface area contributed by atoms with Crippen LogP contribution < -0.4 is 0 Å². The molecule has 0 aliphatic heterocycles. The van der Waals surface area contributed by atoms with Gasteiger partial charge in [0.2, 0.25) is 0 Å². The Labute approximate surface area is 107 Å². The number of hydrogen-bond donors (Lipinski definition) is 1. The maximum atomic E-state index is 10.8. The highest BCUT2D eigenvalue weighted by atomic mass is 16.4. The van der Waals surface area contributed by atoms with Crippen molar-refractivity contribution in [1.29, 1.82) is 0 Å². The van der Waals surface area contributed by atoms with Gasteiger partial charge in [-0.2, -0.15) is 0 Å². The molecule has 2 nitrogen and oxygen atoms in total. The van der Waals surface area contributed by atoms with Crippen molar-refractivity contribution in [2.24, 2.45) is 0 Å². The third-order valence-corrected chi connectivity index (χ3v) is 3.01. The predicted octanol–water partition coefficient (Wildman–Crippen LogP) is 3.54. The zero-order valence-electron chi connectivity index (χ0n) is 10.4. The van der Waals surface area contributed by atoms with Gasteiger partial charge in [-0.1, -0.05) is 43.3 Å². The van der Waals surface area contributed by atoms with Crippen LogP contribution in [0.1, 0.15) is 34.0 Å². The predicted molar refractivity (Wildman–Crippen MR) is 72.0 cm³/mol. The van der Waals surface area contributed by atoms with E-state index in [2.05, 4.69) is 31.2 Å². The van der Waals surface area contributed by atoms with Crippen LogP contribution >= 0.6 is 0 Å².